The number of unbranched alkanes of at least 4 members (excludes halogenated alkanes) is 1. The summed E-state index contributed by atoms with van der Waals surface area (Å²) >= 11 is 1.37. The van der Waals surface area contributed by atoms with Crippen LogP contribution in [0.25, 0.3) is 6.08 Å². The maximum absolute atomic E-state index is 12.6. The number of hydrogen-bond donors (Lipinski definition) is 1. The molecule has 2 heterocycles. The van der Waals surface area contributed by atoms with Crippen LogP contribution < -0.4 is 9.47 Å². The average molecular weight is 463 g/mol. The van der Waals surface area contributed by atoms with E-state index in [9.17, 15) is 4.79 Å². The highest BCUT2D eigenvalue weighted by atomic mass is 32.2. The number of thioether (sulfide) groups is 1. The first-order chi connectivity index (χ1) is 16.0. The summed E-state index contributed by atoms with van der Waals surface area (Å²) in [5, 5.41) is 15.8. The van der Waals surface area contributed by atoms with Crippen LogP contribution in [0, 0.1) is 12.3 Å². The Balaban J connectivity index is 1.39. The molecule has 0 spiro atoms. The van der Waals surface area contributed by atoms with E-state index >= 15 is 0 Å². The summed E-state index contributed by atoms with van der Waals surface area (Å²) in [6, 6.07) is 15.2. The van der Waals surface area contributed by atoms with Gasteiger partial charge in [-0.25, -0.2) is 0 Å². The number of nitrogens with zero attached hydrogens (tertiary/aromatic N) is 3. The highest BCUT2D eigenvalue weighted by molar-refractivity contribution is 8.26. The van der Waals surface area contributed by atoms with Crippen LogP contribution in [-0.2, 0) is 4.79 Å². The van der Waals surface area contributed by atoms with E-state index in [0.29, 0.717) is 24.1 Å². The number of hydrogen-bond acceptors (Lipinski definition) is 6. The van der Waals surface area contributed by atoms with E-state index in [1.54, 1.807) is 6.08 Å². The molecule has 2 aliphatic heterocycles. The van der Waals surface area contributed by atoms with E-state index in [-0.39, 0.29) is 11.4 Å². The predicted molar refractivity (Wildman–Crippen MR) is 133 cm³/mol. The fourth-order valence-corrected chi connectivity index (χ4v) is 4.20. The van der Waals surface area contributed by atoms with E-state index in [1.165, 1.54) is 22.3 Å². The molecule has 2 aromatic rings. The molecule has 170 valence electrons. The Kier molecular flexibility index (Phi) is 7.24. The lowest BCUT2D eigenvalue weighted by atomic mass is 10.1. The van der Waals surface area contributed by atoms with Crippen molar-refractivity contribution < 1.29 is 14.3 Å². The molecule has 0 unspecified atom stereocenters. The second-order valence-electron chi connectivity index (χ2n) is 7.70. The van der Waals surface area contributed by atoms with Crippen molar-refractivity contribution in [3.05, 3.63) is 65.2 Å². The van der Waals surface area contributed by atoms with Crippen LogP contribution in [0.4, 0.5) is 0 Å². The van der Waals surface area contributed by atoms with E-state index < -0.39 is 5.91 Å². The van der Waals surface area contributed by atoms with Gasteiger partial charge in [0.15, 0.2) is 5.84 Å². The molecule has 0 bridgehead atoms. The highest BCUT2D eigenvalue weighted by Gasteiger charge is 2.35. The minimum Gasteiger partial charge on any atom is -0.490 e. The lowest BCUT2D eigenvalue weighted by molar-refractivity contribution is -0.114. The maximum Gasteiger partial charge on any atom is 0.283 e. The summed E-state index contributed by atoms with van der Waals surface area (Å²) in [7, 11) is 0. The van der Waals surface area contributed by atoms with Crippen LogP contribution in [0.1, 0.15) is 37.3 Å². The molecule has 2 aliphatic rings. The molecule has 1 amide bonds. The number of aliphatic imine (C=N–C) groups is 1. The number of hydrazone groups is 1. The van der Waals surface area contributed by atoms with Gasteiger partial charge in [0, 0.05) is 0 Å². The van der Waals surface area contributed by atoms with Crippen LogP contribution in [0.3, 0.4) is 0 Å². The standard InChI is InChI=1S/C25H26N4O3S/c1-3-4-8-22-28-29-23(26)21(24(30)27-25(29)33-22)16-18-6-5-7-20(15-18)32-14-13-31-19-11-9-17(2)10-12-19/h5-7,9-12,15-16,26H,3-4,8,13-14H2,1-2H3/b21-16-,26-23?. The summed E-state index contributed by atoms with van der Waals surface area (Å²) in [4.78, 5) is 16.7. The zero-order valence-corrected chi connectivity index (χ0v) is 19.5. The Morgan fingerprint density at radius 1 is 1.09 bits per heavy atom. The van der Waals surface area contributed by atoms with Crippen molar-refractivity contribution in [1.29, 1.82) is 5.41 Å². The number of ether oxygens (including phenoxy) is 2. The van der Waals surface area contributed by atoms with Gasteiger partial charge in [0.25, 0.3) is 5.91 Å². The zero-order chi connectivity index (χ0) is 23.2. The number of carbonyl (C=O) groups is 1. The van der Waals surface area contributed by atoms with Gasteiger partial charge in [-0.1, -0.05) is 43.2 Å². The number of fused-ring (bicyclic) bond motifs is 1. The van der Waals surface area contributed by atoms with Crippen LogP contribution in [0.15, 0.2) is 64.2 Å². The molecular formula is C25H26N4O3S. The van der Waals surface area contributed by atoms with Gasteiger partial charge >= 0.3 is 0 Å². The monoisotopic (exact) mass is 462 g/mol. The number of benzene rings is 2. The molecule has 8 heteroatoms. The van der Waals surface area contributed by atoms with Crippen molar-refractivity contribution in [2.75, 3.05) is 13.2 Å². The minimum atomic E-state index is -0.427. The van der Waals surface area contributed by atoms with Crippen molar-refractivity contribution in [1.82, 2.24) is 5.01 Å². The zero-order valence-electron chi connectivity index (χ0n) is 18.7. The van der Waals surface area contributed by atoms with Crippen LogP contribution in [-0.4, -0.2) is 40.2 Å². The lowest BCUT2D eigenvalue weighted by Crippen LogP contribution is -2.35. The van der Waals surface area contributed by atoms with Crippen molar-refractivity contribution in [3.8, 4) is 11.5 Å². The van der Waals surface area contributed by atoms with Crippen LogP contribution in [0.5, 0.6) is 11.5 Å². The molecule has 0 saturated heterocycles. The number of carbonyl (C=O) groups excluding carboxylic acids is 1. The largest absolute Gasteiger partial charge is 0.490 e. The van der Waals surface area contributed by atoms with Gasteiger partial charge in [-0.15, -0.1) is 0 Å². The van der Waals surface area contributed by atoms with Gasteiger partial charge < -0.3 is 9.47 Å². The van der Waals surface area contributed by atoms with Crippen LogP contribution in [0.2, 0.25) is 0 Å². The first-order valence-electron chi connectivity index (χ1n) is 10.9. The molecule has 1 N–H and O–H groups in total. The molecule has 0 saturated carbocycles. The molecule has 0 aliphatic carbocycles. The molecule has 7 nitrogen and oxygen atoms in total. The number of nitrogens with one attached hydrogen (secondary N) is 1. The Morgan fingerprint density at radius 2 is 1.85 bits per heavy atom. The molecule has 2 aromatic carbocycles. The second-order valence-corrected chi connectivity index (χ2v) is 8.74. The summed E-state index contributed by atoms with van der Waals surface area (Å²) in [6.45, 7) is 4.95. The lowest BCUT2D eigenvalue weighted by Gasteiger charge is -2.20. The fraction of sp³-hybridized carbons (Fsp3) is 0.280. The SMILES string of the molecule is CCCCC1=NN2C(=N)/C(=C/c3cccc(OCCOc4ccc(C)cc4)c3)C(=O)N=C2S1. The van der Waals surface area contributed by atoms with Gasteiger partial charge in [-0.3, -0.25) is 10.2 Å². The first-order valence-corrected chi connectivity index (χ1v) is 11.8. The smallest absolute Gasteiger partial charge is 0.283 e. The van der Waals surface area contributed by atoms with Crippen molar-refractivity contribution in [3.63, 3.8) is 0 Å². The predicted octanol–water partition coefficient (Wildman–Crippen LogP) is 5.26. The summed E-state index contributed by atoms with van der Waals surface area (Å²) in [5.41, 5.74) is 2.14. The number of amides is 1. The second kappa shape index (κ2) is 10.5. The summed E-state index contributed by atoms with van der Waals surface area (Å²) in [5.74, 6) is 1.08. The van der Waals surface area contributed by atoms with E-state index in [1.807, 2.05) is 55.5 Å². The Bertz CT molecular complexity index is 1140. The molecule has 0 atom stereocenters. The molecule has 0 fully saturated rings. The molecule has 4 rings (SSSR count). The third kappa shape index (κ3) is 5.70. The van der Waals surface area contributed by atoms with E-state index in [4.69, 9.17) is 14.9 Å². The van der Waals surface area contributed by atoms with E-state index in [2.05, 4.69) is 17.0 Å². The minimum absolute atomic E-state index is 0.0433. The van der Waals surface area contributed by atoms with Gasteiger partial charge in [0.2, 0.25) is 5.17 Å². The van der Waals surface area contributed by atoms with Gasteiger partial charge in [-0.2, -0.15) is 15.1 Å². The van der Waals surface area contributed by atoms with Gasteiger partial charge in [0.05, 0.1) is 5.57 Å². The quantitative estimate of drug-likeness (QED) is 0.406. The maximum atomic E-state index is 12.6. The van der Waals surface area contributed by atoms with Crippen molar-refractivity contribution >= 4 is 39.8 Å². The van der Waals surface area contributed by atoms with Crippen molar-refractivity contribution in [2.45, 2.75) is 33.1 Å². The van der Waals surface area contributed by atoms with E-state index in [0.717, 1.165) is 35.6 Å². The number of aryl methyl sites for hydroxylation is 1. The molecule has 0 radical (unpaired) electrons. The average Bonchev–Trinajstić information content (AvgIpc) is 3.22. The van der Waals surface area contributed by atoms with Gasteiger partial charge in [-0.05, 0) is 67.4 Å². The van der Waals surface area contributed by atoms with Crippen molar-refractivity contribution in [2.24, 2.45) is 10.1 Å². The number of rotatable bonds is 9. The fourth-order valence-electron chi connectivity index (χ4n) is 3.28. The van der Waals surface area contributed by atoms with Gasteiger partial charge in [0.1, 0.15) is 29.8 Å². The molecule has 33 heavy (non-hydrogen) atoms. The Labute approximate surface area is 197 Å². The molecule has 0 aromatic heterocycles. The first kappa shape index (κ1) is 22.8. The molecular weight excluding hydrogens is 436 g/mol. The third-order valence-corrected chi connectivity index (χ3v) is 6.02. The Hall–Kier alpha value is -3.39. The number of amidine groups is 2. The topological polar surface area (TPSA) is 87.3 Å². The normalized spacial score (nSPS) is 16.5. The third-order valence-electron chi connectivity index (χ3n) is 5.05. The summed E-state index contributed by atoms with van der Waals surface area (Å²) in [6.07, 6.45) is 4.55. The summed E-state index contributed by atoms with van der Waals surface area (Å²) < 4.78 is 11.5. The Morgan fingerprint density at radius 3 is 2.61 bits per heavy atom. The van der Waals surface area contributed by atoms with Crippen LogP contribution >= 0.6 is 11.8 Å². The highest BCUT2D eigenvalue weighted by Crippen LogP contribution is 2.30.